The van der Waals surface area contributed by atoms with Gasteiger partial charge in [-0.2, -0.15) is 0 Å². The maximum Gasteiger partial charge on any atom is 0.173 e. The van der Waals surface area contributed by atoms with Gasteiger partial charge in [0.25, 0.3) is 0 Å². The monoisotopic (exact) mass is 274 g/mol. The molecule has 0 unspecified atom stereocenters. The number of thioether (sulfide) groups is 1. The predicted molar refractivity (Wildman–Crippen MR) is 77.4 cm³/mol. The van der Waals surface area contributed by atoms with Crippen LogP contribution in [0, 0.1) is 19.7 Å². The number of hydrogen-bond donors (Lipinski definition) is 0. The second-order valence-electron chi connectivity index (χ2n) is 4.46. The molecule has 0 bridgehead atoms. The van der Waals surface area contributed by atoms with Crippen molar-refractivity contribution in [2.45, 2.75) is 18.7 Å². The van der Waals surface area contributed by atoms with Crippen molar-refractivity contribution in [1.82, 2.24) is 0 Å². The molecule has 0 aliphatic carbocycles. The van der Waals surface area contributed by atoms with Gasteiger partial charge in [0, 0.05) is 10.5 Å². The van der Waals surface area contributed by atoms with E-state index >= 15 is 0 Å². The lowest BCUT2D eigenvalue weighted by atomic mass is 10.1. The van der Waals surface area contributed by atoms with Crippen LogP contribution in [0.15, 0.2) is 47.4 Å². The average Bonchev–Trinajstić information content (AvgIpc) is 2.40. The molecule has 0 saturated heterocycles. The van der Waals surface area contributed by atoms with E-state index in [1.165, 1.54) is 47.2 Å². The number of aryl methyl sites for hydroxylation is 2. The standard InChI is InChI=1S/C16H15FOS/c1-11-3-8-15(9-12(11)2)19-10-16(18)13-4-6-14(17)7-5-13/h3-9H,10H2,1-2H3. The second kappa shape index (κ2) is 6.02. The number of rotatable bonds is 4. The summed E-state index contributed by atoms with van der Waals surface area (Å²) in [5.41, 5.74) is 3.02. The highest BCUT2D eigenvalue weighted by molar-refractivity contribution is 8.00. The molecule has 2 aromatic rings. The first-order valence-electron chi connectivity index (χ1n) is 6.05. The van der Waals surface area contributed by atoms with Gasteiger partial charge in [0.2, 0.25) is 0 Å². The molecule has 98 valence electrons. The van der Waals surface area contributed by atoms with Crippen molar-refractivity contribution >= 4 is 17.5 Å². The van der Waals surface area contributed by atoms with E-state index in [4.69, 9.17) is 0 Å². The summed E-state index contributed by atoms with van der Waals surface area (Å²) >= 11 is 1.51. The van der Waals surface area contributed by atoms with Crippen LogP contribution >= 0.6 is 11.8 Å². The van der Waals surface area contributed by atoms with Crippen LogP contribution in [0.25, 0.3) is 0 Å². The molecule has 0 aromatic heterocycles. The third-order valence-corrected chi connectivity index (χ3v) is 4.01. The van der Waals surface area contributed by atoms with Crippen LogP contribution in [0.4, 0.5) is 4.39 Å². The minimum atomic E-state index is -0.321. The average molecular weight is 274 g/mol. The topological polar surface area (TPSA) is 17.1 Å². The first kappa shape index (κ1) is 13.8. The zero-order chi connectivity index (χ0) is 13.8. The van der Waals surface area contributed by atoms with Crippen LogP contribution in [0.1, 0.15) is 21.5 Å². The molecule has 2 rings (SSSR count). The Labute approximate surface area is 116 Å². The van der Waals surface area contributed by atoms with E-state index < -0.39 is 0 Å². The van der Waals surface area contributed by atoms with Crippen molar-refractivity contribution in [2.24, 2.45) is 0 Å². The van der Waals surface area contributed by atoms with Crippen LogP contribution in [0.3, 0.4) is 0 Å². The van der Waals surface area contributed by atoms with Crippen molar-refractivity contribution < 1.29 is 9.18 Å². The van der Waals surface area contributed by atoms with Gasteiger partial charge in [0.1, 0.15) is 5.82 Å². The van der Waals surface area contributed by atoms with Gasteiger partial charge < -0.3 is 0 Å². The largest absolute Gasteiger partial charge is 0.293 e. The molecule has 0 heterocycles. The molecule has 0 radical (unpaired) electrons. The molecule has 0 aliphatic heterocycles. The summed E-state index contributed by atoms with van der Waals surface area (Å²) in [6, 6.07) is 11.8. The number of benzene rings is 2. The van der Waals surface area contributed by atoms with Crippen LogP contribution in [0.2, 0.25) is 0 Å². The Balaban J connectivity index is 2.00. The maximum absolute atomic E-state index is 12.8. The quantitative estimate of drug-likeness (QED) is 0.606. The Morgan fingerprint density at radius 3 is 2.37 bits per heavy atom. The Kier molecular flexibility index (Phi) is 4.38. The van der Waals surface area contributed by atoms with Gasteiger partial charge in [0.15, 0.2) is 5.78 Å². The normalized spacial score (nSPS) is 10.5. The Hall–Kier alpha value is -1.61. The van der Waals surface area contributed by atoms with E-state index in [0.29, 0.717) is 11.3 Å². The van der Waals surface area contributed by atoms with Gasteiger partial charge in [-0.25, -0.2) is 4.39 Å². The van der Waals surface area contributed by atoms with Crippen LogP contribution in [-0.4, -0.2) is 11.5 Å². The molecule has 0 N–H and O–H groups in total. The predicted octanol–water partition coefficient (Wildman–Crippen LogP) is 4.42. The minimum absolute atomic E-state index is 0.0169. The zero-order valence-electron chi connectivity index (χ0n) is 10.9. The number of ketones is 1. The summed E-state index contributed by atoms with van der Waals surface area (Å²) in [5.74, 6) is 0.0651. The van der Waals surface area contributed by atoms with Gasteiger partial charge in [-0.15, -0.1) is 11.8 Å². The van der Waals surface area contributed by atoms with Gasteiger partial charge in [-0.05, 0) is 61.4 Å². The van der Waals surface area contributed by atoms with Gasteiger partial charge in [0.05, 0.1) is 5.75 Å². The Bertz CT molecular complexity index is 590. The lowest BCUT2D eigenvalue weighted by Gasteiger charge is -2.05. The molecule has 19 heavy (non-hydrogen) atoms. The summed E-state index contributed by atoms with van der Waals surface area (Å²) in [6.07, 6.45) is 0. The number of halogens is 1. The van der Waals surface area contributed by atoms with Crippen LogP contribution < -0.4 is 0 Å². The smallest absolute Gasteiger partial charge is 0.173 e. The Morgan fingerprint density at radius 1 is 1.05 bits per heavy atom. The molecule has 0 spiro atoms. The summed E-state index contributed by atoms with van der Waals surface area (Å²) in [5, 5.41) is 0. The van der Waals surface area contributed by atoms with Crippen molar-refractivity contribution in [3.8, 4) is 0 Å². The third-order valence-electron chi connectivity index (χ3n) is 3.01. The molecular weight excluding hydrogens is 259 g/mol. The van der Waals surface area contributed by atoms with Crippen LogP contribution in [-0.2, 0) is 0 Å². The van der Waals surface area contributed by atoms with E-state index in [0.717, 1.165) is 4.90 Å². The molecule has 0 amide bonds. The van der Waals surface area contributed by atoms with Gasteiger partial charge >= 0.3 is 0 Å². The van der Waals surface area contributed by atoms with Gasteiger partial charge in [-0.1, -0.05) is 6.07 Å². The summed E-state index contributed by atoms with van der Waals surface area (Å²) < 4.78 is 12.8. The van der Waals surface area contributed by atoms with Crippen molar-refractivity contribution in [3.63, 3.8) is 0 Å². The molecule has 0 aliphatic rings. The lowest BCUT2D eigenvalue weighted by Crippen LogP contribution is -2.02. The molecule has 0 atom stereocenters. The SMILES string of the molecule is Cc1ccc(SCC(=O)c2ccc(F)cc2)cc1C. The minimum Gasteiger partial charge on any atom is -0.293 e. The fourth-order valence-electron chi connectivity index (χ4n) is 1.67. The summed E-state index contributed by atoms with van der Waals surface area (Å²) in [4.78, 5) is 13.0. The van der Waals surface area contributed by atoms with E-state index in [2.05, 4.69) is 26.0 Å². The van der Waals surface area contributed by atoms with Crippen LogP contribution in [0.5, 0.6) is 0 Å². The van der Waals surface area contributed by atoms with Crippen molar-refractivity contribution in [2.75, 3.05) is 5.75 Å². The van der Waals surface area contributed by atoms with Crippen molar-refractivity contribution in [3.05, 3.63) is 65.0 Å². The fraction of sp³-hybridized carbons (Fsp3) is 0.188. The number of Topliss-reactive ketones (excluding diaryl/α,β-unsaturated/α-hetero) is 1. The highest BCUT2D eigenvalue weighted by Crippen LogP contribution is 2.22. The lowest BCUT2D eigenvalue weighted by molar-refractivity contribution is 0.102. The maximum atomic E-state index is 12.8. The van der Waals surface area contributed by atoms with E-state index in [1.807, 2.05) is 6.07 Å². The molecule has 0 saturated carbocycles. The molecule has 1 nitrogen and oxygen atoms in total. The van der Waals surface area contributed by atoms with E-state index in [-0.39, 0.29) is 11.6 Å². The first-order chi connectivity index (χ1) is 9.06. The zero-order valence-corrected chi connectivity index (χ0v) is 11.8. The second-order valence-corrected chi connectivity index (χ2v) is 5.51. The van der Waals surface area contributed by atoms with Gasteiger partial charge in [-0.3, -0.25) is 4.79 Å². The highest BCUT2D eigenvalue weighted by atomic mass is 32.2. The first-order valence-corrected chi connectivity index (χ1v) is 7.03. The molecular formula is C16H15FOS. The molecule has 2 aromatic carbocycles. The third kappa shape index (κ3) is 3.67. The number of carbonyl (C=O) groups is 1. The molecule has 3 heteroatoms. The Morgan fingerprint density at radius 2 is 1.74 bits per heavy atom. The summed E-state index contributed by atoms with van der Waals surface area (Å²) in [7, 11) is 0. The number of carbonyl (C=O) groups excluding carboxylic acids is 1. The summed E-state index contributed by atoms with van der Waals surface area (Å²) in [6.45, 7) is 4.12. The number of hydrogen-bond acceptors (Lipinski definition) is 2. The van der Waals surface area contributed by atoms with Crippen molar-refractivity contribution in [1.29, 1.82) is 0 Å². The molecule has 0 fully saturated rings. The van der Waals surface area contributed by atoms with E-state index in [1.54, 1.807) is 0 Å². The van der Waals surface area contributed by atoms with E-state index in [9.17, 15) is 9.18 Å². The fourth-order valence-corrected chi connectivity index (χ4v) is 2.56. The highest BCUT2D eigenvalue weighted by Gasteiger charge is 2.07.